The van der Waals surface area contributed by atoms with Crippen LogP contribution < -0.4 is 10.3 Å². The molecule has 2 N–H and O–H groups in total. The first-order valence-electron chi connectivity index (χ1n) is 8.69. The first-order valence-corrected chi connectivity index (χ1v) is 8.69. The van der Waals surface area contributed by atoms with Crippen LogP contribution in [0.25, 0.3) is 27.8 Å². The Kier molecular flexibility index (Phi) is 3.88. The predicted molar refractivity (Wildman–Crippen MR) is 108 cm³/mol. The maximum atomic E-state index is 6.21. The molecule has 4 heteroatoms. The summed E-state index contributed by atoms with van der Waals surface area (Å²) >= 11 is 0. The standard InChI is InChI=1S/C22H20N4/c1-4-24-18-13-22-20(11-15(18)3)25-19-10-14(2)17(23)12-21(19)26(22)16-8-6-5-7-9-16/h4-13,23H,1-3H3/p+1. The van der Waals surface area contributed by atoms with Crippen LogP contribution in [0.3, 0.4) is 0 Å². The molecule has 0 radical (unpaired) electrons. The molecule has 4 nitrogen and oxygen atoms in total. The average molecular weight is 341 g/mol. The molecule has 0 aliphatic carbocycles. The summed E-state index contributed by atoms with van der Waals surface area (Å²) in [5, 5.41) is 0. The summed E-state index contributed by atoms with van der Waals surface area (Å²) < 4.78 is 2.21. The van der Waals surface area contributed by atoms with Gasteiger partial charge in [0.1, 0.15) is 11.0 Å². The summed E-state index contributed by atoms with van der Waals surface area (Å²) in [5.74, 6) is 0. The summed E-state index contributed by atoms with van der Waals surface area (Å²) in [5.41, 5.74) is 15.0. The van der Waals surface area contributed by atoms with Crippen LogP contribution in [-0.4, -0.2) is 11.2 Å². The summed E-state index contributed by atoms with van der Waals surface area (Å²) in [4.78, 5) is 9.41. The third kappa shape index (κ3) is 2.60. The van der Waals surface area contributed by atoms with E-state index in [1.165, 1.54) is 0 Å². The van der Waals surface area contributed by atoms with E-state index in [4.69, 9.17) is 10.7 Å². The van der Waals surface area contributed by atoms with Crippen LogP contribution in [0.1, 0.15) is 18.1 Å². The average Bonchev–Trinajstić information content (AvgIpc) is 2.63. The molecule has 0 amide bonds. The Labute approximate surface area is 152 Å². The number of benzene rings is 3. The van der Waals surface area contributed by atoms with Crippen molar-refractivity contribution < 1.29 is 4.57 Å². The first-order chi connectivity index (χ1) is 12.6. The number of hydrogen-bond donors (Lipinski definition) is 1. The third-order valence-electron chi connectivity index (χ3n) is 4.66. The van der Waals surface area contributed by atoms with Gasteiger partial charge in [-0.3, -0.25) is 4.99 Å². The Bertz CT molecular complexity index is 1160. The Morgan fingerprint density at radius 2 is 1.58 bits per heavy atom. The fraction of sp³-hybridized carbons (Fsp3) is 0.136. The van der Waals surface area contributed by atoms with Crippen LogP contribution in [0.5, 0.6) is 0 Å². The van der Waals surface area contributed by atoms with Gasteiger partial charge in [-0.15, -0.1) is 4.57 Å². The molecule has 0 saturated heterocycles. The van der Waals surface area contributed by atoms with Crippen LogP contribution in [0.2, 0.25) is 0 Å². The molecule has 4 rings (SSSR count). The van der Waals surface area contributed by atoms with Gasteiger partial charge in [0.05, 0.1) is 5.69 Å². The smallest absolute Gasteiger partial charge is 0.239 e. The zero-order chi connectivity index (χ0) is 18.3. The highest BCUT2D eigenvalue weighted by atomic mass is 15.0. The van der Waals surface area contributed by atoms with Crippen LogP contribution in [0.4, 0.5) is 11.4 Å². The van der Waals surface area contributed by atoms with Gasteiger partial charge in [-0.2, -0.15) is 0 Å². The number of aryl methyl sites for hydroxylation is 2. The van der Waals surface area contributed by atoms with Gasteiger partial charge >= 0.3 is 0 Å². The van der Waals surface area contributed by atoms with Crippen molar-refractivity contribution in [2.75, 3.05) is 5.73 Å². The van der Waals surface area contributed by atoms with E-state index in [1.54, 1.807) is 0 Å². The van der Waals surface area contributed by atoms with Gasteiger partial charge in [-0.1, -0.05) is 18.2 Å². The number of hydrogen-bond acceptors (Lipinski definition) is 3. The zero-order valence-corrected chi connectivity index (χ0v) is 15.2. The summed E-state index contributed by atoms with van der Waals surface area (Å²) in [6.07, 6.45) is 1.82. The monoisotopic (exact) mass is 341 g/mol. The number of fused-ring (bicyclic) bond motifs is 2. The maximum Gasteiger partial charge on any atom is 0.239 e. The predicted octanol–water partition coefficient (Wildman–Crippen LogP) is 4.59. The molecular formula is C22H21N4+. The number of nitrogens with two attached hydrogens (primary N) is 1. The van der Waals surface area contributed by atoms with E-state index in [1.807, 2.05) is 44.3 Å². The minimum Gasteiger partial charge on any atom is -0.398 e. The summed E-state index contributed by atoms with van der Waals surface area (Å²) in [6, 6.07) is 18.5. The second kappa shape index (κ2) is 6.23. The second-order valence-corrected chi connectivity index (χ2v) is 6.49. The minimum atomic E-state index is 0.766. The van der Waals surface area contributed by atoms with Crippen LogP contribution in [-0.2, 0) is 0 Å². The maximum absolute atomic E-state index is 6.21. The molecule has 0 aliphatic rings. The van der Waals surface area contributed by atoms with Crippen molar-refractivity contribution >= 4 is 39.7 Å². The molecule has 0 fully saturated rings. The molecule has 0 aliphatic heterocycles. The number of rotatable bonds is 2. The quantitative estimate of drug-likeness (QED) is 0.251. The lowest BCUT2D eigenvalue weighted by atomic mass is 10.1. The molecule has 0 unspecified atom stereocenters. The Hall–Kier alpha value is -3.27. The lowest BCUT2D eigenvalue weighted by Gasteiger charge is -2.09. The van der Waals surface area contributed by atoms with Crippen molar-refractivity contribution in [3.8, 4) is 5.69 Å². The fourth-order valence-electron chi connectivity index (χ4n) is 3.30. The number of nitrogen functional groups attached to an aromatic ring is 1. The highest BCUT2D eigenvalue weighted by Crippen LogP contribution is 2.27. The Balaban J connectivity index is 2.22. The molecule has 1 heterocycles. The van der Waals surface area contributed by atoms with Crippen LogP contribution in [0.15, 0.2) is 59.6 Å². The highest BCUT2D eigenvalue weighted by Gasteiger charge is 2.21. The van der Waals surface area contributed by atoms with E-state index in [0.29, 0.717) is 0 Å². The van der Waals surface area contributed by atoms with Crippen molar-refractivity contribution in [2.45, 2.75) is 20.8 Å². The van der Waals surface area contributed by atoms with E-state index in [0.717, 1.165) is 50.3 Å². The van der Waals surface area contributed by atoms with Crippen LogP contribution >= 0.6 is 0 Å². The minimum absolute atomic E-state index is 0.766. The van der Waals surface area contributed by atoms with Crippen molar-refractivity contribution in [3.63, 3.8) is 0 Å². The number of aliphatic imine (C=N–C) groups is 1. The number of nitrogens with zero attached hydrogens (tertiary/aromatic N) is 3. The largest absolute Gasteiger partial charge is 0.398 e. The first kappa shape index (κ1) is 16.2. The highest BCUT2D eigenvalue weighted by molar-refractivity contribution is 5.87. The van der Waals surface area contributed by atoms with Gasteiger partial charge in [-0.05, 0) is 44.0 Å². The molecule has 4 aromatic rings. The number of aromatic nitrogens is 2. The molecule has 0 bridgehead atoms. The Morgan fingerprint density at radius 1 is 0.923 bits per heavy atom. The number of para-hydroxylation sites is 1. The van der Waals surface area contributed by atoms with Gasteiger partial charge in [0, 0.05) is 36.2 Å². The SMILES string of the molecule is CC=Nc1cc2c(cc1C)nc1cc(C)c(N)cc1[n+]2-c1ccccc1. The molecule has 0 atom stereocenters. The lowest BCUT2D eigenvalue weighted by Crippen LogP contribution is -2.33. The van der Waals surface area contributed by atoms with E-state index in [9.17, 15) is 0 Å². The van der Waals surface area contributed by atoms with E-state index in [-0.39, 0.29) is 0 Å². The van der Waals surface area contributed by atoms with Crippen LogP contribution in [0, 0.1) is 13.8 Å². The van der Waals surface area contributed by atoms with Crippen molar-refractivity contribution in [1.82, 2.24) is 4.98 Å². The van der Waals surface area contributed by atoms with Gasteiger partial charge in [0.2, 0.25) is 16.7 Å². The van der Waals surface area contributed by atoms with Gasteiger partial charge in [-0.25, -0.2) is 4.98 Å². The fourth-order valence-corrected chi connectivity index (χ4v) is 3.30. The normalized spacial score (nSPS) is 11.7. The summed E-state index contributed by atoms with van der Waals surface area (Å²) in [6.45, 7) is 6.00. The van der Waals surface area contributed by atoms with Gasteiger partial charge in [0.25, 0.3) is 0 Å². The number of anilines is 1. The van der Waals surface area contributed by atoms with Gasteiger partial charge < -0.3 is 5.73 Å². The molecule has 0 saturated carbocycles. The molecular weight excluding hydrogens is 320 g/mol. The second-order valence-electron chi connectivity index (χ2n) is 6.49. The van der Waals surface area contributed by atoms with E-state index >= 15 is 0 Å². The topological polar surface area (TPSA) is 55.1 Å². The van der Waals surface area contributed by atoms with Crippen molar-refractivity contribution in [2.24, 2.45) is 4.99 Å². The van der Waals surface area contributed by atoms with E-state index < -0.39 is 0 Å². The molecule has 0 spiro atoms. The third-order valence-corrected chi connectivity index (χ3v) is 4.66. The lowest BCUT2D eigenvalue weighted by molar-refractivity contribution is -0.538. The molecule has 128 valence electrons. The van der Waals surface area contributed by atoms with Crippen molar-refractivity contribution in [1.29, 1.82) is 0 Å². The molecule has 26 heavy (non-hydrogen) atoms. The molecule has 3 aromatic carbocycles. The van der Waals surface area contributed by atoms with Crippen molar-refractivity contribution in [3.05, 3.63) is 65.7 Å². The van der Waals surface area contributed by atoms with Gasteiger partial charge in [0.15, 0.2) is 0 Å². The zero-order valence-electron chi connectivity index (χ0n) is 15.2. The Morgan fingerprint density at radius 3 is 2.27 bits per heavy atom. The summed E-state index contributed by atoms with van der Waals surface area (Å²) in [7, 11) is 0. The van der Waals surface area contributed by atoms with E-state index in [2.05, 4.69) is 46.8 Å². The molecule has 1 aromatic heterocycles.